The summed E-state index contributed by atoms with van der Waals surface area (Å²) >= 11 is 0. The lowest BCUT2D eigenvalue weighted by Gasteiger charge is -2.26. The minimum absolute atomic E-state index is 0.0618. The largest absolute Gasteiger partial charge is 0.381 e. The summed E-state index contributed by atoms with van der Waals surface area (Å²) in [4.78, 5) is 0. The standard InChI is InChI=1S/C15H21FO/c1-10(2)15-11(3)13(4-5-14(15)16)12-6-8-17-9-7-12/h4-5,10,12H,6-9H2,1-3H3. The molecule has 2 rings (SSSR count). The van der Waals surface area contributed by atoms with Crippen LogP contribution >= 0.6 is 0 Å². The Morgan fingerprint density at radius 2 is 1.88 bits per heavy atom. The first-order valence-electron chi connectivity index (χ1n) is 6.48. The minimum atomic E-state index is -0.0618. The summed E-state index contributed by atoms with van der Waals surface area (Å²) in [5.74, 6) is 0.727. The monoisotopic (exact) mass is 236 g/mol. The van der Waals surface area contributed by atoms with Crippen LogP contribution in [0.1, 0.15) is 55.2 Å². The molecule has 0 radical (unpaired) electrons. The van der Waals surface area contributed by atoms with Gasteiger partial charge in [-0.25, -0.2) is 4.39 Å². The van der Waals surface area contributed by atoms with Crippen LogP contribution in [0.2, 0.25) is 0 Å². The lowest BCUT2D eigenvalue weighted by atomic mass is 9.84. The smallest absolute Gasteiger partial charge is 0.126 e. The van der Waals surface area contributed by atoms with Gasteiger partial charge in [0.15, 0.2) is 0 Å². The summed E-state index contributed by atoms with van der Waals surface area (Å²) in [5.41, 5.74) is 3.35. The Balaban J connectivity index is 2.37. The van der Waals surface area contributed by atoms with Crippen LogP contribution in [0.3, 0.4) is 0 Å². The molecule has 1 aliphatic heterocycles. The summed E-state index contributed by atoms with van der Waals surface area (Å²) < 4.78 is 19.2. The Morgan fingerprint density at radius 1 is 1.24 bits per heavy atom. The van der Waals surface area contributed by atoms with E-state index in [9.17, 15) is 4.39 Å². The Labute approximate surface area is 103 Å². The van der Waals surface area contributed by atoms with E-state index in [0.29, 0.717) is 5.92 Å². The fourth-order valence-corrected chi connectivity index (χ4v) is 2.87. The van der Waals surface area contributed by atoms with E-state index >= 15 is 0 Å². The van der Waals surface area contributed by atoms with E-state index in [4.69, 9.17) is 4.74 Å². The lowest BCUT2D eigenvalue weighted by molar-refractivity contribution is 0.0852. The van der Waals surface area contributed by atoms with Crippen molar-refractivity contribution in [2.24, 2.45) is 0 Å². The maximum atomic E-state index is 13.8. The molecule has 0 bridgehead atoms. The first-order chi connectivity index (χ1) is 8.11. The van der Waals surface area contributed by atoms with E-state index in [0.717, 1.165) is 37.2 Å². The first kappa shape index (κ1) is 12.6. The fraction of sp³-hybridized carbons (Fsp3) is 0.600. The Kier molecular flexibility index (Phi) is 3.82. The van der Waals surface area contributed by atoms with Gasteiger partial charge in [-0.3, -0.25) is 0 Å². The van der Waals surface area contributed by atoms with Crippen molar-refractivity contribution >= 4 is 0 Å². The third kappa shape index (κ3) is 2.52. The zero-order valence-electron chi connectivity index (χ0n) is 10.9. The Morgan fingerprint density at radius 3 is 2.47 bits per heavy atom. The van der Waals surface area contributed by atoms with Crippen LogP contribution in [0.15, 0.2) is 12.1 Å². The van der Waals surface area contributed by atoms with Crippen molar-refractivity contribution in [3.8, 4) is 0 Å². The molecule has 0 aliphatic carbocycles. The molecule has 1 aliphatic rings. The minimum Gasteiger partial charge on any atom is -0.381 e. The van der Waals surface area contributed by atoms with Crippen molar-refractivity contribution in [1.29, 1.82) is 0 Å². The topological polar surface area (TPSA) is 9.23 Å². The molecule has 1 saturated heterocycles. The first-order valence-corrected chi connectivity index (χ1v) is 6.48. The number of rotatable bonds is 2. The van der Waals surface area contributed by atoms with E-state index in [1.54, 1.807) is 6.07 Å². The van der Waals surface area contributed by atoms with Crippen molar-refractivity contribution in [2.45, 2.75) is 45.4 Å². The maximum absolute atomic E-state index is 13.8. The van der Waals surface area contributed by atoms with Gasteiger partial charge >= 0.3 is 0 Å². The molecule has 1 aromatic carbocycles. The van der Waals surface area contributed by atoms with E-state index in [1.807, 2.05) is 6.07 Å². The molecular formula is C15H21FO. The van der Waals surface area contributed by atoms with Crippen LogP contribution < -0.4 is 0 Å². The van der Waals surface area contributed by atoms with Gasteiger partial charge in [0.25, 0.3) is 0 Å². The van der Waals surface area contributed by atoms with E-state index in [1.165, 1.54) is 5.56 Å². The molecule has 2 heteroatoms. The van der Waals surface area contributed by atoms with Crippen molar-refractivity contribution in [3.63, 3.8) is 0 Å². The molecular weight excluding hydrogens is 215 g/mol. The third-order valence-corrected chi connectivity index (χ3v) is 3.74. The van der Waals surface area contributed by atoms with Gasteiger partial charge in [-0.15, -0.1) is 0 Å². The predicted molar refractivity (Wildman–Crippen MR) is 68.0 cm³/mol. The Hall–Kier alpha value is -0.890. The molecule has 1 fully saturated rings. The lowest BCUT2D eigenvalue weighted by Crippen LogP contribution is -2.16. The molecule has 17 heavy (non-hydrogen) atoms. The van der Waals surface area contributed by atoms with Gasteiger partial charge in [-0.2, -0.15) is 0 Å². The van der Waals surface area contributed by atoms with Gasteiger partial charge in [-0.05, 0) is 54.4 Å². The number of ether oxygens (including phenoxy) is 1. The van der Waals surface area contributed by atoms with E-state index in [2.05, 4.69) is 20.8 Å². The van der Waals surface area contributed by atoms with Crippen molar-refractivity contribution in [3.05, 3.63) is 34.6 Å². The summed E-state index contributed by atoms with van der Waals surface area (Å²) in [6.45, 7) is 7.83. The molecule has 1 aromatic rings. The predicted octanol–water partition coefficient (Wildman–Crippen LogP) is 4.15. The van der Waals surface area contributed by atoms with Gasteiger partial charge in [-0.1, -0.05) is 19.9 Å². The molecule has 0 spiro atoms. The van der Waals surface area contributed by atoms with Crippen molar-refractivity contribution < 1.29 is 9.13 Å². The van der Waals surface area contributed by atoms with Gasteiger partial charge in [0.1, 0.15) is 5.82 Å². The quantitative estimate of drug-likeness (QED) is 0.749. The third-order valence-electron chi connectivity index (χ3n) is 3.74. The van der Waals surface area contributed by atoms with Crippen molar-refractivity contribution in [1.82, 2.24) is 0 Å². The molecule has 94 valence electrons. The highest BCUT2D eigenvalue weighted by Gasteiger charge is 2.21. The van der Waals surface area contributed by atoms with E-state index in [-0.39, 0.29) is 11.7 Å². The Bertz CT molecular complexity index is 392. The maximum Gasteiger partial charge on any atom is 0.126 e. The van der Waals surface area contributed by atoms with Crippen LogP contribution in [0.4, 0.5) is 4.39 Å². The van der Waals surface area contributed by atoms with Gasteiger partial charge in [0.05, 0.1) is 0 Å². The normalized spacial score (nSPS) is 17.7. The van der Waals surface area contributed by atoms with Gasteiger partial charge < -0.3 is 4.74 Å². The number of halogens is 1. The van der Waals surface area contributed by atoms with Crippen molar-refractivity contribution in [2.75, 3.05) is 13.2 Å². The van der Waals surface area contributed by atoms with Crippen LogP contribution in [0.5, 0.6) is 0 Å². The van der Waals surface area contributed by atoms with E-state index < -0.39 is 0 Å². The zero-order chi connectivity index (χ0) is 12.4. The van der Waals surface area contributed by atoms with Crippen LogP contribution in [-0.2, 0) is 4.74 Å². The summed E-state index contributed by atoms with van der Waals surface area (Å²) in [5, 5.41) is 0. The number of hydrogen-bond donors (Lipinski definition) is 0. The van der Waals surface area contributed by atoms with Crippen LogP contribution in [0, 0.1) is 12.7 Å². The van der Waals surface area contributed by atoms with Gasteiger partial charge in [0, 0.05) is 13.2 Å². The molecule has 0 aromatic heterocycles. The van der Waals surface area contributed by atoms with Crippen LogP contribution in [-0.4, -0.2) is 13.2 Å². The highest BCUT2D eigenvalue weighted by Crippen LogP contribution is 2.33. The number of benzene rings is 1. The molecule has 0 saturated carbocycles. The number of hydrogen-bond acceptors (Lipinski definition) is 1. The average molecular weight is 236 g/mol. The molecule has 0 amide bonds. The fourth-order valence-electron chi connectivity index (χ4n) is 2.87. The summed E-state index contributed by atoms with van der Waals surface area (Å²) in [6.07, 6.45) is 2.12. The molecule has 0 atom stereocenters. The molecule has 0 unspecified atom stereocenters. The average Bonchev–Trinajstić information content (AvgIpc) is 2.30. The summed E-state index contributed by atoms with van der Waals surface area (Å²) in [6, 6.07) is 3.60. The second-order valence-electron chi connectivity index (χ2n) is 5.22. The second-order valence-corrected chi connectivity index (χ2v) is 5.22. The second kappa shape index (κ2) is 5.18. The zero-order valence-corrected chi connectivity index (χ0v) is 10.9. The molecule has 1 heterocycles. The van der Waals surface area contributed by atoms with Gasteiger partial charge in [0.2, 0.25) is 0 Å². The highest BCUT2D eigenvalue weighted by atomic mass is 19.1. The van der Waals surface area contributed by atoms with Crippen LogP contribution in [0.25, 0.3) is 0 Å². The molecule has 0 N–H and O–H groups in total. The molecule has 1 nitrogen and oxygen atoms in total. The highest BCUT2D eigenvalue weighted by molar-refractivity contribution is 5.39. The summed E-state index contributed by atoms with van der Waals surface area (Å²) in [7, 11) is 0. The SMILES string of the molecule is Cc1c(C2CCOCC2)ccc(F)c1C(C)C.